The van der Waals surface area contributed by atoms with E-state index < -0.39 is 0 Å². The number of likely N-dealkylation sites (N-methyl/N-ethyl adjacent to an activating group) is 1. The Morgan fingerprint density at radius 3 is 1.13 bits per heavy atom. The Bertz CT molecular complexity index is 850. The molecule has 0 aromatic carbocycles. The van der Waals surface area contributed by atoms with Crippen LogP contribution in [-0.2, 0) is 23.9 Å². The van der Waals surface area contributed by atoms with Gasteiger partial charge in [0.25, 0.3) is 6.47 Å². The van der Waals surface area contributed by atoms with Gasteiger partial charge in [0.05, 0.1) is 13.2 Å². The highest BCUT2D eigenvalue weighted by atomic mass is 16.5. The maximum Gasteiger partial charge on any atom is 0.305 e. The molecule has 1 N–H and O–H groups in total. The molecule has 1 aliphatic heterocycles. The van der Waals surface area contributed by atoms with Crippen LogP contribution in [0, 0.1) is 17.8 Å². The summed E-state index contributed by atoms with van der Waals surface area (Å²) in [4.78, 5) is 38.4. The van der Waals surface area contributed by atoms with E-state index in [1.165, 1.54) is 200 Å². The summed E-state index contributed by atoms with van der Waals surface area (Å²) in [7, 11) is 2.24. The monoisotopic (exact) mass is 851 g/mol. The molecule has 1 fully saturated rings. The first-order chi connectivity index (χ1) is 29.3. The van der Waals surface area contributed by atoms with Crippen molar-refractivity contribution in [3.05, 3.63) is 0 Å². The molecule has 0 amide bonds. The van der Waals surface area contributed by atoms with E-state index in [4.69, 9.17) is 19.4 Å². The number of carboxylic acid groups (broad SMARTS) is 1. The van der Waals surface area contributed by atoms with Crippen LogP contribution in [-0.4, -0.2) is 86.3 Å². The topological polar surface area (TPSA) is 96.4 Å². The van der Waals surface area contributed by atoms with Gasteiger partial charge in [-0.25, -0.2) is 0 Å². The number of carbonyl (C=O) groups is 3. The standard InChI is InChI=1S/C51H100N2O4.CH2O2/c1-6-10-20-29-48(30-21-11-7-2)38-45-56-50(54)36-26-18-14-16-24-33-47(35-28-40-53-43-41-52(5)42-44-53)34-25-17-15-19-27-37-51(55)57-46-39-49(31-22-12-8-3)32-23-13-9-4;2-1-3/h47-49H,6-46H2,1-5H3;1H,(H,2,3). The van der Waals surface area contributed by atoms with Crippen molar-refractivity contribution in [2.45, 2.75) is 246 Å². The van der Waals surface area contributed by atoms with Gasteiger partial charge < -0.3 is 24.4 Å². The zero-order chi connectivity index (χ0) is 44.2. The third kappa shape index (κ3) is 39.2. The summed E-state index contributed by atoms with van der Waals surface area (Å²) in [6.07, 6.45) is 41.4. The molecule has 8 heteroatoms. The molecule has 0 aromatic heterocycles. The van der Waals surface area contributed by atoms with E-state index in [0.29, 0.717) is 26.1 Å². The van der Waals surface area contributed by atoms with Crippen molar-refractivity contribution in [2.24, 2.45) is 17.8 Å². The molecule has 0 bridgehead atoms. The maximum atomic E-state index is 12.4. The third-order valence-corrected chi connectivity index (χ3v) is 13.1. The molecule has 0 aliphatic carbocycles. The molecule has 0 radical (unpaired) electrons. The van der Waals surface area contributed by atoms with Gasteiger partial charge >= 0.3 is 11.9 Å². The Kier molecular flexibility index (Phi) is 44.1. The highest BCUT2D eigenvalue weighted by Gasteiger charge is 2.16. The Hall–Kier alpha value is -1.67. The summed E-state index contributed by atoms with van der Waals surface area (Å²) in [5, 5.41) is 6.89. The molecule has 0 atom stereocenters. The maximum absolute atomic E-state index is 12.4. The van der Waals surface area contributed by atoms with E-state index in [2.05, 4.69) is 44.5 Å². The van der Waals surface area contributed by atoms with Crippen LogP contribution >= 0.6 is 0 Å². The molecule has 1 aliphatic rings. The van der Waals surface area contributed by atoms with Crippen molar-refractivity contribution < 1.29 is 29.0 Å². The second kappa shape index (κ2) is 45.4. The molecular weight excluding hydrogens is 749 g/mol. The van der Waals surface area contributed by atoms with Gasteiger partial charge in [0.1, 0.15) is 0 Å². The van der Waals surface area contributed by atoms with Gasteiger partial charge in [0.2, 0.25) is 0 Å². The molecule has 0 saturated carbocycles. The van der Waals surface area contributed by atoms with Crippen molar-refractivity contribution in [3.63, 3.8) is 0 Å². The van der Waals surface area contributed by atoms with Crippen molar-refractivity contribution in [1.82, 2.24) is 9.80 Å². The molecule has 8 nitrogen and oxygen atoms in total. The number of piperazine rings is 1. The Balaban J connectivity index is 0.0000112. The van der Waals surface area contributed by atoms with Crippen LogP contribution < -0.4 is 0 Å². The molecule has 1 saturated heterocycles. The van der Waals surface area contributed by atoms with E-state index in [1.54, 1.807) is 0 Å². The minimum Gasteiger partial charge on any atom is -0.483 e. The van der Waals surface area contributed by atoms with Gasteiger partial charge in [0.15, 0.2) is 0 Å². The second-order valence-electron chi connectivity index (χ2n) is 18.6. The van der Waals surface area contributed by atoms with Crippen LogP contribution in [0.1, 0.15) is 246 Å². The van der Waals surface area contributed by atoms with Crippen molar-refractivity contribution in [2.75, 3.05) is 53.0 Å². The van der Waals surface area contributed by atoms with Crippen molar-refractivity contribution >= 4 is 18.4 Å². The van der Waals surface area contributed by atoms with Gasteiger partial charge in [-0.15, -0.1) is 0 Å². The van der Waals surface area contributed by atoms with E-state index in [0.717, 1.165) is 56.3 Å². The number of esters is 2. The predicted octanol–water partition coefficient (Wildman–Crippen LogP) is 14.2. The van der Waals surface area contributed by atoms with Crippen LogP contribution in [0.15, 0.2) is 0 Å². The summed E-state index contributed by atoms with van der Waals surface area (Å²) < 4.78 is 11.4. The third-order valence-electron chi connectivity index (χ3n) is 13.1. The first-order valence-corrected chi connectivity index (χ1v) is 26.1. The van der Waals surface area contributed by atoms with Crippen LogP contribution in [0.4, 0.5) is 0 Å². The van der Waals surface area contributed by atoms with E-state index in [9.17, 15) is 9.59 Å². The quantitative estimate of drug-likeness (QED) is 0.0368. The van der Waals surface area contributed by atoms with E-state index >= 15 is 0 Å². The number of hydrogen-bond donors (Lipinski definition) is 1. The first kappa shape index (κ1) is 58.3. The molecule has 1 rings (SSSR count). The van der Waals surface area contributed by atoms with Crippen LogP contribution in [0.25, 0.3) is 0 Å². The van der Waals surface area contributed by atoms with Gasteiger partial charge in [-0.05, 0) is 69.9 Å². The van der Waals surface area contributed by atoms with Gasteiger partial charge in [-0.3, -0.25) is 14.4 Å². The normalized spacial score (nSPS) is 13.5. The zero-order valence-electron chi connectivity index (χ0n) is 40.7. The SMILES string of the molecule is CCCCCC(CCCCC)CCOC(=O)CCCCCCCC(CCCCCCCC(=O)OCCC(CCCCC)CCCCC)CCCN1CCN(C)CC1.O=CO. The lowest BCUT2D eigenvalue weighted by atomic mass is 9.90. The summed E-state index contributed by atoms with van der Waals surface area (Å²) in [6.45, 7) is 16.2. The number of hydrogen-bond acceptors (Lipinski definition) is 7. The molecule has 356 valence electrons. The van der Waals surface area contributed by atoms with Crippen LogP contribution in [0.5, 0.6) is 0 Å². The van der Waals surface area contributed by atoms with Gasteiger partial charge in [0, 0.05) is 39.0 Å². The number of rotatable bonds is 42. The minimum absolute atomic E-state index is 0.0194. The molecule has 60 heavy (non-hydrogen) atoms. The Labute approximate surface area is 372 Å². The fourth-order valence-electron chi connectivity index (χ4n) is 8.99. The van der Waals surface area contributed by atoms with Crippen LogP contribution in [0.3, 0.4) is 0 Å². The lowest BCUT2D eigenvalue weighted by Gasteiger charge is -2.32. The molecule has 1 heterocycles. The zero-order valence-corrected chi connectivity index (χ0v) is 40.7. The fraction of sp³-hybridized carbons (Fsp3) is 0.942. The Morgan fingerprint density at radius 1 is 0.467 bits per heavy atom. The molecular formula is C52H102N2O6. The second-order valence-corrected chi connectivity index (χ2v) is 18.6. The van der Waals surface area contributed by atoms with E-state index in [-0.39, 0.29) is 18.4 Å². The van der Waals surface area contributed by atoms with E-state index in [1.807, 2.05) is 0 Å². The lowest BCUT2D eigenvalue weighted by Crippen LogP contribution is -2.44. The number of unbranched alkanes of at least 4 members (excludes halogenated alkanes) is 16. The number of nitrogens with zero attached hydrogens (tertiary/aromatic N) is 2. The number of ether oxygens (including phenoxy) is 2. The average Bonchev–Trinajstić information content (AvgIpc) is 3.23. The highest BCUT2D eigenvalue weighted by molar-refractivity contribution is 5.69. The number of carbonyl (C=O) groups excluding carboxylic acids is 2. The summed E-state index contributed by atoms with van der Waals surface area (Å²) in [5.41, 5.74) is 0. The fourth-order valence-corrected chi connectivity index (χ4v) is 8.99. The molecule has 0 spiro atoms. The summed E-state index contributed by atoms with van der Waals surface area (Å²) in [5.74, 6) is 2.32. The van der Waals surface area contributed by atoms with Crippen LogP contribution in [0.2, 0.25) is 0 Å². The molecule has 0 aromatic rings. The molecule has 0 unspecified atom stereocenters. The lowest BCUT2D eigenvalue weighted by molar-refractivity contribution is -0.145. The van der Waals surface area contributed by atoms with Crippen molar-refractivity contribution in [1.29, 1.82) is 0 Å². The van der Waals surface area contributed by atoms with Gasteiger partial charge in [-0.2, -0.15) is 0 Å². The summed E-state index contributed by atoms with van der Waals surface area (Å²) >= 11 is 0. The minimum atomic E-state index is -0.250. The smallest absolute Gasteiger partial charge is 0.305 e. The van der Waals surface area contributed by atoms with Crippen molar-refractivity contribution in [3.8, 4) is 0 Å². The predicted molar refractivity (Wildman–Crippen MR) is 255 cm³/mol. The summed E-state index contributed by atoms with van der Waals surface area (Å²) in [6, 6.07) is 0. The highest BCUT2D eigenvalue weighted by Crippen LogP contribution is 2.25. The largest absolute Gasteiger partial charge is 0.483 e. The first-order valence-electron chi connectivity index (χ1n) is 26.1. The van der Waals surface area contributed by atoms with Gasteiger partial charge in [-0.1, -0.05) is 195 Å². The Morgan fingerprint density at radius 2 is 0.767 bits per heavy atom. The average molecular weight is 851 g/mol.